The highest BCUT2D eigenvalue weighted by molar-refractivity contribution is 5.83. The first kappa shape index (κ1) is 17.2. The number of carbonyl (C=O) groups is 1. The van der Waals surface area contributed by atoms with E-state index in [0.29, 0.717) is 0 Å². The minimum absolute atomic E-state index is 0.00682. The number of hydrogen-bond donors (Lipinski definition) is 2. The smallest absolute Gasteiger partial charge is 0.227 e. The van der Waals surface area contributed by atoms with Gasteiger partial charge in [-0.25, -0.2) is 4.39 Å². The van der Waals surface area contributed by atoms with Crippen LogP contribution in [0.3, 0.4) is 0 Å². The molecule has 1 fully saturated rings. The molecule has 0 heterocycles. The number of rotatable bonds is 6. The lowest BCUT2D eigenvalue weighted by Gasteiger charge is -2.25. The molecule has 1 saturated carbocycles. The van der Waals surface area contributed by atoms with Crippen molar-refractivity contribution in [2.24, 2.45) is 5.92 Å². The minimum atomic E-state index is -0.302. The molecule has 3 atom stereocenters. The van der Waals surface area contributed by atoms with Crippen molar-refractivity contribution in [1.82, 2.24) is 10.6 Å². The predicted octanol–water partition coefficient (Wildman–Crippen LogP) is 3.71. The summed E-state index contributed by atoms with van der Waals surface area (Å²) in [6.45, 7) is 2.89. The van der Waals surface area contributed by atoms with Gasteiger partial charge in [0, 0.05) is 0 Å². The van der Waals surface area contributed by atoms with Gasteiger partial charge in [-0.1, -0.05) is 36.4 Å². The van der Waals surface area contributed by atoms with Crippen LogP contribution >= 0.6 is 0 Å². The number of amides is 1. The molecule has 2 aliphatic carbocycles. The van der Waals surface area contributed by atoms with Crippen molar-refractivity contribution in [3.8, 4) is 0 Å². The summed E-state index contributed by atoms with van der Waals surface area (Å²) in [5, 5.41) is 6.91. The second kappa shape index (κ2) is 7.20. The van der Waals surface area contributed by atoms with Gasteiger partial charge in [0.1, 0.15) is 5.82 Å². The van der Waals surface area contributed by atoms with E-state index in [-0.39, 0.29) is 29.7 Å². The van der Waals surface area contributed by atoms with E-state index >= 15 is 0 Å². The van der Waals surface area contributed by atoms with Crippen LogP contribution in [-0.2, 0) is 11.2 Å². The Kier molecular flexibility index (Phi) is 4.77. The molecule has 0 spiro atoms. The molecule has 0 bridgehead atoms. The van der Waals surface area contributed by atoms with Crippen LogP contribution in [0.1, 0.15) is 48.4 Å². The Morgan fingerprint density at radius 1 is 1.15 bits per heavy atom. The van der Waals surface area contributed by atoms with Crippen LogP contribution in [0.5, 0.6) is 0 Å². The van der Waals surface area contributed by atoms with E-state index in [1.165, 1.54) is 36.1 Å². The summed E-state index contributed by atoms with van der Waals surface area (Å²) < 4.78 is 13.1. The lowest BCUT2D eigenvalue weighted by molar-refractivity contribution is -0.123. The summed E-state index contributed by atoms with van der Waals surface area (Å²) >= 11 is 0. The van der Waals surface area contributed by atoms with Gasteiger partial charge in [0.15, 0.2) is 0 Å². The zero-order valence-electron chi connectivity index (χ0n) is 15.0. The Hall–Kier alpha value is -2.20. The molecule has 2 aromatic carbocycles. The van der Waals surface area contributed by atoms with Gasteiger partial charge < -0.3 is 10.6 Å². The standard InChI is InChI=1S/C22H25FN2O/c1-14(16-8-10-18(23)11-9-16)22(26)25-20-12-17-4-2-3-5-19(17)21(20)24-13-15-6-7-15/h2-5,8-11,14-15,20-21,24H,6-7,12-13H2,1H3,(H,25,26)/t14-,20-,21-/m0/s1. The van der Waals surface area contributed by atoms with Gasteiger partial charge in [0.05, 0.1) is 18.0 Å². The average molecular weight is 352 g/mol. The Balaban J connectivity index is 1.46. The first-order valence-corrected chi connectivity index (χ1v) is 9.49. The van der Waals surface area contributed by atoms with Crippen LogP contribution in [0.2, 0.25) is 0 Å². The summed E-state index contributed by atoms with van der Waals surface area (Å²) in [4.78, 5) is 12.8. The topological polar surface area (TPSA) is 41.1 Å². The van der Waals surface area contributed by atoms with Gasteiger partial charge in [-0.05, 0) is 67.5 Å². The maximum atomic E-state index is 13.1. The van der Waals surface area contributed by atoms with Crippen molar-refractivity contribution >= 4 is 5.91 Å². The maximum absolute atomic E-state index is 13.1. The van der Waals surface area contributed by atoms with E-state index < -0.39 is 0 Å². The largest absolute Gasteiger partial charge is 0.351 e. The summed E-state index contributed by atoms with van der Waals surface area (Å²) in [6, 6.07) is 14.8. The highest BCUT2D eigenvalue weighted by Gasteiger charge is 2.35. The lowest BCUT2D eigenvalue weighted by Crippen LogP contribution is -2.44. The average Bonchev–Trinajstić information content (AvgIpc) is 3.41. The second-order valence-electron chi connectivity index (χ2n) is 7.62. The van der Waals surface area contributed by atoms with Gasteiger partial charge in [0.2, 0.25) is 5.91 Å². The van der Waals surface area contributed by atoms with Gasteiger partial charge >= 0.3 is 0 Å². The third-order valence-electron chi connectivity index (χ3n) is 5.65. The Morgan fingerprint density at radius 3 is 2.62 bits per heavy atom. The Morgan fingerprint density at radius 2 is 1.88 bits per heavy atom. The molecule has 0 radical (unpaired) electrons. The van der Waals surface area contributed by atoms with Crippen molar-refractivity contribution in [3.63, 3.8) is 0 Å². The predicted molar refractivity (Wildman–Crippen MR) is 100 cm³/mol. The molecule has 0 aromatic heterocycles. The highest BCUT2D eigenvalue weighted by Crippen LogP contribution is 2.34. The lowest BCUT2D eigenvalue weighted by atomic mass is 9.99. The zero-order valence-corrected chi connectivity index (χ0v) is 15.0. The highest BCUT2D eigenvalue weighted by atomic mass is 19.1. The first-order chi connectivity index (χ1) is 12.6. The number of carbonyl (C=O) groups excluding carboxylic acids is 1. The molecule has 4 heteroatoms. The van der Waals surface area contributed by atoms with Gasteiger partial charge in [-0.2, -0.15) is 0 Å². The molecule has 2 N–H and O–H groups in total. The first-order valence-electron chi connectivity index (χ1n) is 9.49. The fourth-order valence-corrected chi connectivity index (χ4v) is 3.81. The summed E-state index contributed by atoms with van der Waals surface area (Å²) in [7, 11) is 0. The molecule has 2 aromatic rings. The van der Waals surface area contributed by atoms with Crippen molar-refractivity contribution in [3.05, 3.63) is 71.0 Å². The summed E-state index contributed by atoms with van der Waals surface area (Å²) in [5.41, 5.74) is 3.44. The van der Waals surface area contributed by atoms with Crippen molar-refractivity contribution < 1.29 is 9.18 Å². The monoisotopic (exact) mass is 352 g/mol. The number of hydrogen-bond acceptors (Lipinski definition) is 2. The molecule has 4 rings (SSSR count). The molecular weight excluding hydrogens is 327 g/mol. The molecule has 136 valence electrons. The van der Waals surface area contributed by atoms with Crippen LogP contribution in [-0.4, -0.2) is 18.5 Å². The number of fused-ring (bicyclic) bond motifs is 1. The molecule has 0 aliphatic heterocycles. The Bertz CT molecular complexity index is 785. The SMILES string of the molecule is C[C@H](C(=O)N[C@H]1Cc2ccccc2[C@@H]1NCC1CC1)c1ccc(F)cc1. The van der Waals surface area contributed by atoms with E-state index in [2.05, 4.69) is 34.9 Å². The maximum Gasteiger partial charge on any atom is 0.227 e. The van der Waals surface area contributed by atoms with Crippen molar-refractivity contribution in [2.75, 3.05) is 6.54 Å². The fraction of sp³-hybridized carbons (Fsp3) is 0.409. The zero-order chi connectivity index (χ0) is 18.1. The number of benzene rings is 2. The van der Waals surface area contributed by atoms with E-state index in [0.717, 1.165) is 24.4 Å². The van der Waals surface area contributed by atoms with E-state index in [9.17, 15) is 9.18 Å². The van der Waals surface area contributed by atoms with Crippen LogP contribution in [0.4, 0.5) is 4.39 Å². The normalized spacial score (nSPS) is 22.7. The number of nitrogens with one attached hydrogen (secondary N) is 2. The number of halogens is 1. The van der Waals surface area contributed by atoms with Crippen LogP contribution in [0.15, 0.2) is 48.5 Å². The molecule has 26 heavy (non-hydrogen) atoms. The fourth-order valence-electron chi connectivity index (χ4n) is 3.81. The minimum Gasteiger partial charge on any atom is -0.351 e. The van der Waals surface area contributed by atoms with Gasteiger partial charge in [0.25, 0.3) is 0 Å². The van der Waals surface area contributed by atoms with Crippen LogP contribution in [0, 0.1) is 11.7 Å². The second-order valence-corrected chi connectivity index (χ2v) is 7.62. The van der Waals surface area contributed by atoms with Gasteiger partial charge in [-0.3, -0.25) is 4.79 Å². The quantitative estimate of drug-likeness (QED) is 0.832. The summed E-state index contributed by atoms with van der Waals surface area (Å²) in [6.07, 6.45) is 3.46. The van der Waals surface area contributed by atoms with E-state index in [1.54, 1.807) is 12.1 Å². The van der Waals surface area contributed by atoms with Crippen LogP contribution < -0.4 is 10.6 Å². The van der Waals surface area contributed by atoms with Gasteiger partial charge in [-0.15, -0.1) is 0 Å². The molecule has 3 nitrogen and oxygen atoms in total. The third kappa shape index (κ3) is 3.65. The molecule has 0 saturated heterocycles. The van der Waals surface area contributed by atoms with E-state index in [1.807, 2.05) is 6.92 Å². The van der Waals surface area contributed by atoms with E-state index in [4.69, 9.17) is 0 Å². The molecular formula is C22H25FN2O. The Labute approximate surface area is 154 Å². The summed E-state index contributed by atoms with van der Waals surface area (Å²) in [5.74, 6) is 0.199. The van der Waals surface area contributed by atoms with Crippen LogP contribution in [0.25, 0.3) is 0 Å². The molecule has 0 unspecified atom stereocenters. The molecule has 2 aliphatic rings. The third-order valence-corrected chi connectivity index (χ3v) is 5.65. The van der Waals surface area contributed by atoms with Crippen molar-refractivity contribution in [2.45, 2.75) is 44.2 Å². The molecule has 1 amide bonds. The van der Waals surface area contributed by atoms with Crippen molar-refractivity contribution in [1.29, 1.82) is 0 Å².